The van der Waals surface area contributed by atoms with Gasteiger partial charge in [-0.05, 0) is 77.0 Å². The van der Waals surface area contributed by atoms with E-state index in [-0.39, 0.29) is 32.2 Å². The molecule has 0 rings (SSSR count). The first-order chi connectivity index (χ1) is 40.6. The van der Waals surface area contributed by atoms with Crippen LogP contribution in [0.15, 0.2) is 97.2 Å². The lowest BCUT2D eigenvalue weighted by Gasteiger charge is -2.25. The molecule has 0 aromatic carbocycles. The summed E-state index contributed by atoms with van der Waals surface area (Å²) in [5.74, 6) is -2.01. The van der Waals surface area contributed by atoms with Crippen LogP contribution in [0, 0.1) is 0 Å². The van der Waals surface area contributed by atoms with Crippen molar-refractivity contribution in [1.29, 1.82) is 0 Å². The van der Waals surface area contributed by atoms with Crippen LogP contribution in [-0.4, -0.2) is 87.4 Å². The first-order valence-electron chi connectivity index (χ1n) is 34.4. The Morgan fingerprint density at radius 1 is 0.373 bits per heavy atom. The van der Waals surface area contributed by atoms with Gasteiger partial charge >= 0.3 is 17.9 Å². The molecule has 478 valence electrons. The molecule has 1 N–H and O–H groups in total. The van der Waals surface area contributed by atoms with Crippen molar-refractivity contribution in [1.82, 2.24) is 0 Å². The molecule has 0 radical (unpaired) electrons. The number of quaternary nitrogens is 1. The summed E-state index contributed by atoms with van der Waals surface area (Å²) in [7, 11) is 5.97. The highest BCUT2D eigenvalue weighted by Crippen LogP contribution is 2.18. The van der Waals surface area contributed by atoms with E-state index in [9.17, 15) is 19.5 Å². The third-order valence-electron chi connectivity index (χ3n) is 14.9. The third-order valence-corrected chi connectivity index (χ3v) is 14.9. The lowest BCUT2D eigenvalue weighted by Crippen LogP contribution is -2.40. The standard InChI is InChI=1S/C74H129NO8/c1-6-8-10-12-14-16-18-20-22-24-26-28-30-32-33-34-35-36-37-38-39-41-43-45-47-49-51-53-55-57-59-61-63-65-72(77)83-70(69-82-74(73(78)79)80-67-66-75(3,4)5)68-81-71(76)64-62-60-58-56-54-52-50-48-46-44-42-40-31-29-27-25-23-21-19-17-15-13-11-9-7-2/h8,10,14,16,20,22,26,28,32-33,35-36,38-39,43,45,70,74H,6-7,9,11-13,15,17-19,21,23-25,27,29-31,34,37,40-42,44,46-69H2,1-5H3/p+1/b10-8-,16-14-,22-20-,28-26-,33-32-,36-35-,39-38-,45-43-. The largest absolute Gasteiger partial charge is 0.477 e. The zero-order valence-corrected chi connectivity index (χ0v) is 54.6. The van der Waals surface area contributed by atoms with Crippen LogP contribution in [0.3, 0.4) is 0 Å². The predicted octanol–water partition coefficient (Wildman–Crippen LogP) is 21.2. The first-order valence-corrected chi connectivity index (χ1v) is 34.4. The molecule has 2 atom stereocenters. The Balaban J connectivity index is 4.17. The smallest absolute Gasteiger partial charge is 0.361 e. The molecule has 0 aliphatic heterocycles. The number of carbonyl (C=O) groups excluding carboxylic acids is 2. The molecule has 0 fully saturated rings. The lowest BCUT2D eigenvalue weighted by molar-refractivity contribution is -0.870. The quantitative estimate of drug-likeness (QED) is 0.0211. The van der Waals surface area contributed by atoms with E-state index in [4.69, 9.17) is 18.9 Å². The minimum Gasteiger partial charge on any atom is -0.477 e. The van der Waals surface area contributed by atoms with E-state index in [1.54, 1.807) is 0 Å². The molecule has 0 spiro atoms. The molecule has 0 aromatic heterocycles. The van der Waals surface area contributed by atoms with E-state index in [0.29, 0.717) is 23.9 Å². The Morgan fingerprint density at radius 3 is 1.02 bits per heavy atom. The number of esters is 2. The second-order valence-electron chi connectivity index (χ2n) is 24.1. The zero-order chi connectivity index (χ0) is 60.5. The van der Waals surface area contributed by atoms with Crippen LogP contribution < -0.4 is 0 Å². The van der Waals surface area contributed by atoms with Crippen LogP contribution >= 0.6 is 0 Å². The highest BCUT2D eigenvalue weighted by atomic mass is 16.7. The number of allylic oxidation sites excluding steroid dienone is 16. The number of aliphatic carboxylic acids is 1. The summed E-state index contributed by atoms with van der Waals surface area (Å²) in [6.45, 7) is 4.79. The molecule has 0 aliphatic carbocycles. The van der Waals surface area contributed by atoms with Crippen LogP contribution in [-0.2, 0) is 33.3 Å². The highest BCUT2D eigenvalue weighted by Gasteiger charge is 2.25. The average Bonchev–Trinajstić information content (AvgIpc) is 3.46. The number of hydrogen-bond donors (Lipinski definition) is 1. The average molecular weight is 1160 g/mol. The van der Waals surface area contributed by atoms with Gasteiger partial charge in [-0.2, -0.15) is 0 Å². The van der Waals surface area contributed by atoms with Gasteiger partial charge in [0, 0.05) is 12.8 Å². The van der Waals surface area contributed by atoms with Crippen molar-refractivity contribution in [2.24, 2.45) is 0 Å². The van der Waals surface area contributed by atoms with Gasteiger partial charge in [0.2, 0.25) is 0 Å². The minimum absolute atomic E-state index is 0.183. The van der Waals surface area contributed by atoms with Crippen molar-refractivity contribution >= 4 is 17.9 Å². The molecular formula is C74H130NO8+. The summed E-state index contributed by atoms with van der Waals surface area (Å²) in [6, 6.07) is 0. The van der Waals surface area contributed by atoms with Gasteiger partial charge in [-0.1, -0.05) is 304 Å². The fraction of sp³-hybridized carbons (Fsp3) is 0.743. The Morgan fingerprint density at radius 2 is 0.687 bits per heavy atom. The van der Waals surface area contributed by atoms with E-state index in [2.05, 4.69) is 111 Å². The molecule has 0 bridgehead atoms. The molecule has 0 saturated heterocycles. The maximum atomic E-state index is 12.9. The molecule has 9 nitrogen and oxygen atoms in total. The molecule has 0 saturated carbocycles. The van der Waals surface area contributed by atoms with Crippen LogP contribution in [0.2, 0.25) is 0 Å². The van der Waals surface area contributed by atoms with Crippen molar-refractivity contribution in [3.63, 3.8) is 0 Å². The van der Waals surface area contributed by atoms with Gasteiger partial charge < -0.3 is 28.5 Å². The zero-order valence-electron chi connectivity index (χ0n) is 54.6. The van der Waals surface area contributed by atoms with E-state index in [1.807, 2.05) is 21.1 Å². The summed E-state index contributed by atoms with van der Waals surface area (Å²) < 4.78 is 23.0. The molecule has 83 heavy (non-hydrogen) atoms. The fourth-order valence-corrected chi connectivity index (χ4v) is 9.62. The maximum absolute atomic E-state index is 12.9. The second kappa shape index (κ2) is 64.2. The van der Waals surface area contributed by atoms with Gasteiger partial charge in [0.25, 0.3) is 6.29 Å². The monoisotopic (exact) mass is 1160 g/mol. The predicted molar refractivity (Wildman–Crippen MR) is 355 cm³/mol. The van der Waals surface area contributed by atoms with E-state index in [1.165, 1.54) is 167 Å². The van der Waals surface area contributed by atoms with Crippen LogP contribution in [0.5, 0.6) is 0 Å². The summed E-state index contributed by atoms with van der Waals surface area (Å²) in [5, 5.41) is 9.74. The Labute approximate surface area is 512 Å². The summed E-state index contributed by atoms with van der Waals surface area (Å²) in [5.41, 5.74) is 0. The van der Waals surface area contributed by atoms with Crippen molar-refractivity contribution < 1.29 is 42.9 Å². The number of ether oxygens (including phenoxy) is 4. The SMILES string of the molecule is CC/C=C\C/C=C\C/C=C\C/C=C\C/C=C\C/C=C\C/C=C\C/C=C\CCCCCCCCCCC(=O)OC(COC(=O)CCCCCCCCCCCCCCCCCCCCCCCCCCC)COC(OCC[N+](C)(C)C)C(=O)O. The fourth-order valence-electron chi connectivity index (χ4n) is 9.62. The number of unbranched alkanes of at least 4 members (excludes halogenated alkanes) is 32. The van der Waals surface area contributed by atoms with Crippen molar-refractivity contribution in [3.8, 4) is 0 Å². The molecule has 9 heteroatoms. The normalized spacial score (nSPS) is 13.3. The molecular weight excluding hydrogens is 1030 g/mol. The second-order valence-corrected chi connectivity index (χ2v) is 24.1. The van der Waals surface area contributed by atoms with Gasteiger partial charge in [0.1, 0.15) is 13.2 Å². The number of carboxylic acid groups (broad SMARTS) is 1. The number of nitrogens with zero attached hydrogens (tertiary/aromatic N) is 1. The number of rotatable bonds is 63. The van der Waals surface area contributed by atoms with Crippen LogP contribution in [0.1, 0.15) is 296 Å². The molecule has 0 amide bonds. The summed E-state index contributed by atoms with van der Waals surface area (Å²) in [6.07, 6.45) is 85.1. The first kappa shape index (κ1) is 79.2. The van der Waals surface area contributed by atoms with Crippen LogP contribution in [0.25, 0.3) is 0 Å². The van der Waals surface area contributed by atoms with Gasteiger partial charge in [-0.25, -0.2) is 4.79 Å². The van der Waals surface area contributed by atoms with E-state index < -0.39 is 24.3 Å². The Kier molecular flexibility index (Phi) is 61.3. The summed E-state index contributed by atoms with van der Waals surface area (Å²) in [4.78, 5) is 37.6. The number of carboxylic acids is 1. The van der Waals surface area contributed by atoms with Gasteiger partial charge in [0.05, 0.1) is 34.4 Å². The molecule has 2 unspecified atom stereocenters. The van der Waals surface area contributed by atoms with Crippen molar-refractivity contribution in [2.45, 2.75) is 309 Å². The lowest BCUT2D eigenvalue weighted by atomic mass is 10.0. The van der Waals surface area contributed by atoms with E-state index in [0.717, 1.165) is 96.3 Å². The van der Waals surface area contributed by atoms with Crippen molar-refractivity contribution in [3.05, 3.63) is 97.2 Å². The van der Waals surface area contributed by atoms with Gasteiger partial charge in [-0.3, -0.25) is 9.59 Å². The molecule has 0 aliphatic rings. The van der Waals surface area contributed by atoms with Gasteiger partial charge in [-0.15, -0.1) is 0 Å². The minimum atomic E-state index is -1.52. The maximum Gasteiger partial charge on any atom is 0.361 e. The Bertz CT molecular complexity index is 1680. The van der Waals surface area contributed by atoms with Gasteiger partial charge in [0.15, 0.2) is 6.10 Å². The number of hydrogen-bond acceptors (Lipinski definition) is 7. The third kappa shape index (κ3) is 65.6. The Hall–Kier alpha value is -3.79. The van der Waals surface area contributed by atoms with Crippen LogP contribution in [0.4, 0.5) is 0 Å². The van der Waals surface area contributed by atoms with E-state index >= 15 is 0 Å². The summed E-state index contributed by atoms with van der Waals surface area (Å²) >= 11 is 0. The molecule has 0 heterocycles. The topological polar surface area (TPSA) is 108 Å². The molecule has 0 aromatic rings. The van der Waals surface area contributed by atoms with Crippen molar-refractivity contribution in [2.75, 3.05) is 47.5 Å². The highest BCUT2D eigenvalue weighted by molar-refractivity contribution is 5.71. The number of likely N-dealkylation sites (N-methyl/N-ethyl adjacent to an activating group) is 1. The number of carbonyl (C=O) groups is 3.